The number of anilines is 1. The van der Waals surface area contributed by atoms with E-state index in [9.17, 15) is 9.18 Å². The molecule has 0 atom stereocenters. The van der Waals surface area contributed by atoms with E-state index in [0.717, 1.165) is 50.5 Å². The minimum Gasteiger partial charge on any atom is -0.490 e. The molecule has 1 spiro atoms. The Hall–Kier alpha value is -3.72. The van der Waals surface area contributed by atoms with E-state index in [-0.39, 0.29) is 40.8 Å². The van der Waals surface area contributed by atoms with Crippen LogP contribution in [0.3, 0.4) is 0 Å². The number of ether oxygens (including phenoxy) is 2. The minimum atomic E-state index is -0.495. The summed E-state index contributed by atoms with van der Waals surface area (Å²) in [7, 11) is 0. The number of hydrogen-bond donors (Lipinski definition) is 1. The maximum Gasteiger partial charge on any atom is 0.262 e. The van der Waals surface area contributed by atoms with Crippen molar-refractivity contribution in [1.29, 1.82) is 0 Å². The Balaban J connectivity index is 1.14. The molecule has 8 nitrogen and oxygen atoms in total. The van der Waals surface area contributed by atoms with Crippen molar-refractivity contribution in [3.63, 3.8) is 0 Å². The Morgan fingerprint density at radius 2 is 1.85 bits per heavy atom. The molecule has 0 bridgehead atoms. The van der Waals surface area contributed by atoms with E-state index < -0.39 is 5.82 Å². The largest absolute Gasteiger partial charge is 0.490 e. The van der Waals surface area contributed by atoms with Crippen LogP contribution < -0.4 is 19.7 Å². The molecule has 0 unspecified atom stereocenters. The highest BCUT2D eigenvalue weighted by atomic mass is 19.1. The van der Waals surface area contributed by atoms with E-state index in [1.165, 1.54) is 29.3 Å². The van der Waals surface area contributed by atoms with Crippen LogP contribution in [0, 0.1) is 11.2 Å². The summed E-state index contributed by atoms with van der Waals surface area (Å²) in [6, 6.07) is 12.1. The fraction of sp³-hybridized carbons (Fsp3) is 0.452. The molecule has 1 saturated heterocycles. The molecule has 1 N–H and O–H groups in total. The third kappa shape index (κ3) is 4.87. The van der Waals surface area contributed by atoms with Gasteiger partial charge < -0.3 is 24.6 Å². The lowest BCUT2D eigenvalue weighted by molar-refractivity contribution is -0.0345. The summed E-state index contributed by atoms with van der Waals surface area (Å²) < 4.78 is 26.9. The Kier molecular flexibility index (Phi) is 6.86. The zero-order chi connectivity index (χ0) is 28.0. The quantitative estimate of drug-likeness (QED) is 0.411. The van der Waals surface area contributed by atoms with E-state index in [1.54, 1.807) is 11.1 Å². The van der Waals surface area contributed by atoms with Crippen molar-refractivity contribution in [2.45, 2.75) is 71.8 Å². The van der Waals surface area contributed by atoms with Crippen molar-refractivity contribution in [2.24, 2.45) is 5.41 Å². The summed E-state index contributed by atoms with van der Waals surface area (Å²) in [5.74, 6) is 0.791. The third-order valence-corrected chi connectivity index (χ3v) is 8.25. The molecule has 3 heterocycles. The molecule has 6 rings (SSSR count). The molecule has 3 aliphatic rings. The maximum absolute atomic E-state index is 14.3. The lowest BCUT2D eigenvalue weighted by atomic mass is 9.61. The van der Waals surface area contributed by atoms with Gasteiger partial charge in [0.2, 0.25) is 0 Å². The molecular formula is C31H36FN5O3. The average molecular weight is 546 g/mol. The number of benzene rings is 2. The van der Waals surface area contributed by atoms with Gasteiger partial charge in [-0.3, -0.25) is 4.79 Å². The summed E-state index contributed by atoms with van der Waals surface area (Å²) in [6.07, 6.45) is 3.87. The Morgan fingerprint density at radius 1 is 1.07 bits per heavy atom. The highest BCUT2D eigenvalue weighted by Gasteiger charge is 2.54. The second-order valence-corrected chi connectivity index (χ2v) is 11.9. The lowest BCUT2D eigenvalue weighted by Gasteiger charge is -2.59. The first-order chi connectivity index (χ1) is 19.2. The molecule has 0 radical (unpaired) electrons. The van der Waals surface area contributed by atoms with Crippen molar-refractivity contribution < 1.29 is 18.7 Å². The monoisotopic (exact) mass is 545 g/mol. The molecule has 40 heavy (non-hydrogen) atoms. The zero-order valence-corrected chi connectivity index (χ0v) is 23.5. The van der Waals surface area contributed by atoms with E-state index in [0.29, 0.717) is 5.88 Å². The number of carbonyl (C=O) groups is 1. The standard InChI is InChI=1S/C31H36FN5O3/c1-19(2)37(20(3)4)30(38)24-12-22(32)8-9-28(24)40-29-26(10-11-34-35-29)36-17-31(18-36)13-23(14-31)39-27-7-5-6-21-15-33-16-25(21)27/h5-12,19-20,23,33H,13-18H2,1-4H3. The van der Waals surface area contributed by atoms with Crippen LogP contribution in [0.15, 0.2) is 48.7 Å². The van der Waals surface area contributed by atoms with E-state index in [2.05, 4.69) is 38.6 Å². The summed E-state index contributed by atoms with van der Waals surface area (Å²) >= 11 is 0. The van der Waals surface area contributed by atoms with Gasteiger partial charge in [-0.15, -0.1) is 5.10 Å². The number of nitrogens with one attached hydrogen (secondary N) is 1. The molecule has 3 aromatic rings. The molecule has 2 aromatic carbocycles. The molecule has 1 aliphatic carbocycles. The first-order valence-corrected chi connectivity index (χ1v) is 14.1. The van der Waals surface area contributed by atoms with Gasteiger partial charge in [0.15, 0.2) is 0 Å². The highest BCUT2D eigenvalue weighted by molar-refractivity contribution is 5.97. The minimum absolute atomic E-state index is 0.0530. The van der Waals surface area contributed by atoms with Gasteiger partial charge in [-0.2, -0.15) is 5.10 Å². The zero-order valence-electron chi connectivity index (χ0n) is 23.5. The van der Waals surface area contributed by atoms with Crippen LogP contribution >= 0.6 is 0 Å². The van der Waals surface area contributed by atoms with Gasteiger partial charge in [0.25, 0.3) is 11.8 Å². The van der Waals surface area contributed by atoms with Crippen LogP contribution in [0.25, 0.3) is 0 Å². The van der Waals surface area contributed by atoms with Gasteiger partial charge in [0, 0.05) is 49.2 Å². The number of rotatable bonds is 8. The van der Waals surface area contributed by atoms with Gasteiger partial charge in [0.1, 0.15) is 29.1 Å². The summed E-state index contributed by atoms with van der Waals surface area (Å²) in [5.41, 5.74) is 3.80. The van der Waals surface area contributed by atoms with Crippen LogP contribution in [0.5, 0.6) is 17.4 Å². The highest BCUT2D eigenvalue weighted by Crippen LogP contribution is 2.52. The predicted molar refractivity (Wildman–Crippen MR) is 150 cm³/mol. The van der Waals surface area contributed by atoms with Crippen molar-refractivity contribution in [1.82, 2.24) is 20.4 Å². The topological polar surface area (TPSA) is 79.8 Å². The Morgan fingerprint density at radius 3 is 2.60 bits per heavy atom. The Bertz CT molecular complexity index is 1410. The molecule has 1 aromatic heterocycles. The number of carbonyl (C=O) groups excluding carboxylic acids is 1. The molecule has 1 saturated carbocycles. The number of halogens is 1. The van der Waals surface area contributed by atoms with Gasteiger partial charge >= 0.3 is 0 Å². The summed E-state index contributed by atoms with van der Waals surface area (Å²) in [5, 5.41) is 11.7. The summed E-state index contributed by atoms with van der Waals surface area (Å²) in [4.78, 5) is 17.4. The van der Waals surface area contributed by atoms with E-state index in [4.69, 9.17) is 9.47 Å². The van der Waals surface area contributed by atoms with Gasteiger partial charge in [-0.25, -0.2) is 4.39 Å². The van der Waals surface area contributed by atoms with Crippen molar-refractivity contribution in [3.05, 3.63) is 71.2 Å². The van der Waals surface area contributed by atoms with Crippen LogP contribution in [0.1, 0.15) is 62.0 Å². The maximum atomic E-state index is 14.3. The number of hydrogen-bond acceptors (Lipinski definition) is 7. The second-order valence-electron chi connectivity index (χ2n) is 11.9. The first-order valence-electron chi connectivity index (χ1n) is 14.1. The second kappa shape index (κ2) is 10.4. The number of fused-ring (bicyclic) bond motifs is 1. The van der Waals surface area contributed by atoms with E-state index in [1.807, 2.05) is 33.8 Å². The number of aromatic nitrogens is 2. The van der Waals surface area contributed by atoms with E-state index >= 15 is 0 Å². The molecule has 210 valence electrons. The van der Waals surface area contributed by atoms with Gasteiger partial charge in [0.05, 0.1) is 11.8 Å². The van der Waals surface area contributed by atoms with Gasteiger partial charge in [-0.05, 0) is 76.4 Å². The normalized spacial score (nSPS) is 17.5. The Labute approximate surface area is 234 Å². The van der Waals surface area contributed by atoms with Crippen LogP contribution in [-0.4, -0.2) is 52.3 Å². The fourth-order valence-electron chi connectivity index (χ4n) is 6.46. The molecule has 2 aliphatic heterocycles. The van der Waals surface area contributed by atoms with Crippen molar-refractivity contribution in [2.75, 3.05) is 18.0 Å². The molecule has 1 amide bonds. The van der Waals surface area contributed by atoms with Crippen LogP contribution in [0.2, 0.25) is 0 Å². The third-order valence-electron chi connectivity index (χ3n) is 8.25. The van der Waals surface area contributed by atoms with Gasteiger partial charge in [-0.1, -0.05) is 12.1 Å². The van der Waals surface area contributed by atoms with Crippen LogP contribution in [0.4, 0.5) is 10.1 Å². The SMILES string of the molecule is CC(C)N(C(=O)c1cc(F)ccc1Oc1nnccc1N1CC2(CC(Oc3cccc4c3CNC4)C2)C1)C(C)C. The number of nitrogens with zero attached hydrogens (tertiary/aromatic N) is 4. The van der Waals surface area contributed by atoms with Crippen molar-refractivity contribution in [3.8, 4) is 17.4 Å². The fourth-order valence-corrected chi connectivity index (χ4v) is 6.46. The molecule has 9 heteroatoms. The predicted octanol–water partition coefficient (Wildman–Crippen LogP) is 5.32. The average Bonchev–Trinajstić information content (AvgIpc) is 3.36. The first kappa shape index (κ1) is 26.5. The number of amides is 1. The molecule has 2 fully saturated rings. The van der Waals surface area contributed by atoms with Crippen LogP contribution in [-0.2, 0) is 13.1 Å². The smallest absolute Gasteiger partial charge is 0.262 e. The lowest BCUT2D eigenvalue weighted by Crippen LogP contribution is -2.65. The van der Waals surface area contributed by atoms with Crippen molar-refractivity contribution >= 4 is 11.6 Å². The molecular weight excluding hydrogens is 509 g/mol. The summed E-state index contributed by atoms with van der Waals surface area (Å²) in [6.45, 7) is 11.3.